The average molecular weight is 346 g/mol. The maximum Gasteiger partial charge on any atom is 0.323 e. The van der Waals surface area contributed by atoms with Crippen LogP contribution in [0.25, 0.3) is 0 Å². The van der Waals surface area contributed by atoms with Gasteiger partial charge in [0, 0.05) is 11.8 Å². The second kappa shape index (κ2) is 7.56. The van der Waals surface area contributed by atoms with E-state index >= 15 is 0 Å². The van der Waals surface area contributed by atoms with Crippen molar-refractivity contribution >= 4 is 17.4 Å². The topological polar surface area (TPSA) is 104 Å². The highest BCUT2D eigenvalue weighted by Crippen LogP contribution is 2.34. The molecular formula is C16H18N4O5. The first-order valence-electron chi connectivity index (χ1n) is 7.80. The molecule has 3 rings (SSSR count). The van der Waals surface area contributed by atoms with Crippen LogP contribution in [0.5, 0.6) is 23.4 Å². The maximum absolute atomic E-state index is 12.2. The third kappa shape index (κ3) is 4.00. The van der Waals surface area contributed by atoms with Crippen molar-refractivity contribution in [3.8, 4) is 23.4 Å². The van der Waals surface area contributed by atoms with Crippen molar-refractivity contribution in [2.75, 3.05) is 30.6 Å². The zero-order valence-corrected chi connectivity index (χ0v) is 13.9. The standard InChI is InChI=1S/C16H18N4O5/c1-3-22-14-11(8-17-16(20-14)23-4-2)19-15(21)18-10-5-6-12-13(7-10)25-9-24-12/h5-8H,3-4,9H2,1-2H3,(H2,18,19,21). The van der Waals surface area contributed by atoms with Gasteiger partial charge >= 0.3 is 12.0 Å². The molecule has 2 heterocycles. The second-order valence-electron chi connectivity index (χ2n) is 4.88. The third-order valence-corrected chi connectivity index (χ3v) is 3.16. The fourth-order valence-corrected chi connectivity index (χ4v) is 2.14. The van der Waals surface area contributed by atoms with Gasteiger partial charge in [0.1, 0.15) is 5.69 Å². The molecule has 0 aliphatic carbocycles. The zero-order valence-electron chi connectivity index (χ0n) is 13.9. The molecule has 0 unspecified atom stereocenters. The van der Waals surface area contributed by atoms with Gasteiger partial charge in [0.05, 0.1) is 19.4 Å². The number of fused-ring (bicyclic) bond motifs is 1. The number of amides is 2. The van der Waals surface area contributed by atoms with E-state index in [-0.39, 0.29) is 18.7 Å². The summed E-state index contributed by atoms with van der Waals surface area (Å²) in [6.07, 6.45) is 1.43. The monoisotopic (exact) mass is 346 g/mol. The van der Waals surface area contributed by atoms with Crippen LogP contribution in [-0.2, 0) is 0 Å². The predicted octanol–water partition coefficient (Wildman–Crippen LogP) is 2.65. The van der Waals surface area contributed by atoms with E-state index in [1.165, 1.54) is 6.20 Å². The van der Waals surface area contributed by atoms with Crippen molar-refractivity contribution in [1.82, 2.24) is 9.97 Å². The number of aromatic nitrogens is 2. The predicted molar refractivity (Wildman–Crippen MR) is 89.6 cm³/mol. The minimum absolute atomic E-state index is 0.173. The summed E-state index contributed by atoms with van der Waals surface area (Å²) in [4.78, 5) is 20.4. The van der Waals surface area contributed by atoms with Crippen LogP contribution in [0.1, 0.15) is 13.8 Å². The molecule has 1 aromatic carbocycles. The highest BCUT2D eigenvalue weighted by molar-refractivity contribution is 6.00. The van der Waals surface area contributed by atoms with Gasteiger partial charge in [-0.1, -0.05) is 0 Å². The molecule has 1 aromatic heterocycles. The number of nitrogens with zero attached hydrogens (tertiary/aromatic N) is 2. The number of benzene rings is 1. The van der Waals surface area contributed by atoms with Crippen LogP contribution < -0.4 is 29.6 Å². The number of nitrogens with one attached hydrogen (secondary N) is 2. The van der Waals surface area contributed by atoms with Crippen LogP contribution in [0.15, 0.2) is 24.4 Å². The first-order chi connectivity index (χ1) is 12.2. The molecule has 2 amide bonds. The molecule has 0 radical (unpaired) electrons. The number of anilines is 2. The first kappa shape index (κ1) is 16.6. The Morgan fingerprint density at radius 1 is 1.16 bits per heavy atom. The summed E-state index contributed by atoms with van der Waals surface area (Å²) < 4.78 is 21.2. The third-order valence-electron chi connectivity index (χ3n) is 3.16. The number of hydrogen-bond acceptors (Lipinski definition) is 7. The minimum Gasteiger partial charge on any atom is -0.476 e. The van der Waals surface area contributed by atoms with Crippen molar-refractivity contribution in [2.45, 2.75) is 13.8 Å². The quantitative estimate of drug-likeness (QED) is 0.828. The molecule has 9 heteroatoms. The van der Waals surface area contributed by atoms with Crippen LogP contribution in [0.3, 0.4) is 0 Å². The SMILES string of the molecule is CCOc1ncc(NC(=O)Nc2ccc3c(c2)OCO3)c(OCC)n1. The van der Waals surface area contributed by atoms with Gasteiger partial charge < -0.3 is 29.6 Å². The number of ether oxygens (including phenoxy) is 4. The Labute approximate surface area is 144 Å². The van der Waals surface area contributed by atoms with Crippen LogP contribution in [-0.4, -0.2) is 36.0 Å². The summed E-state index contributed by atoms with van der Waals surface area (Å²) in [6.45, 7) is 4.64. The Morgan fingerprint density at radius 2 is 1.96 bits per heavy atom. The fourth-order valence-electron chi connectivity index (χ4n) is 2.14. The molecule has 0 saturated carbocycles. The second-order valence-corrected chi connectivity index (χ2v) is 4.88. The molecule has 0 bridgehead atoms. The molecule has 132 valence electrons. The van der Waals surface area contributed by atoms with Gasteiger partial charge in [-0.3, -0.25) is 0 Å². The van der Waals surface area contributed by atoms with Crippen molar-refractivity contribution in [1.29, 1.82) is 0 Å². The van der Waals surface area contributed by atoms with E-state index in [2.05, 4.69) is 20.6 Å². The van der Waals surface area contributed by atoms with E-state index in [1.807, 2.05) is 13.8 Å². The van der Waals surface area contributed by atoms with Crippen molar-refractivity contribution in [3.63, 3.8) is 0 Å². The Bertz CT molecular complexity index is 768. The molecule has 2 aromatic rings. The molecule has 0 spiro atoms. The van der Waals surface area contributed by atoms with Gasteiger partial charge in [0.15, 0.2) is 11.5 Å². The summed E-state index contributed by atoms with van der Waals surface area (Å²) in [5.41, 5.74) is 0.898. The minimum atomic E-state index is -0.465. The molecule has 0 atom stereocenters. The lowest BCUT2D eigenvalue weighted by Gasteiger charge is -2.12. The van der Waals surface area contributed by atoms with Crippen molar-refractivity contribution in [3.05, 3.63) is 24.4 Å². The van der Waals surface area contributed by atoms with Crippen molar-refractivity contribution in [2.24, 2.45) is 0 Å². The maximum atomic E-state index is 12.2. The molecular weight excluding hydrogens is 328 g/mol. The molecule has 25 heavy (non-hydrogen) atoms. The summed E-state index contributed by atoms with van der Waals surface area (Å²) in [5.74, 6) is 1.46. The van der Waals surface area contributed by atoms with Gasteiger partial charge in [-0.05, 0) is 26.0 Å². The Hall–Kier alpha value is -3.23. The molecule has 9 nitrogen and oxygen atoms in total. The van der Waals surface area contributed by atoms with Gasteiger partial charge in [-0.15, -0.1) is 0 Å². The van der Waals surface area contributed by atoms with Crippen LogP contribution in [0.2, 0.25) is 0 Å². The van der Waals surface area contributed by atoms with E-state index in [4.69, 9.17) is 18.9 Å². The van der Waals surface area contributed by atoms with E-state index in [1.54, 1.807) is 18.2 Å². The van der Waals surface area contributed by atoms with E-state index < -0.39 is 6.03 Å². The number of hydrogen-bond donors (Lipinski definition) is 2. The lowest BCUT2D eigenvalue weighted by atomic mass is 10.3. The van der Waals surface area contributed by atoms with Crippen LogP contribution >= 0.6 is 0 Å². The van der Waals surface area contributed by atoms with Crippen LogP contribution in [0, 0.1) is 0 Å². The van der Waals surface area contributed by atoms with Gasteiger partial charge in [0.25, 0.3) is 0 Å². The number of carbonyl (C=O) groups is 1. The van der Waals surface area contributed by atoms with E-state index in [0.717, 1.165) is 0 Å². The summed E-state index contributed by atoms with van der Waals surface area (Å²) in [5, 5.41) is 5.35. The van der Waals surface area contributed by atoms with E-state index in [9.17, 15) is 4.79 Å². The zero-order chi connectivity index (χ0) is 17.6. The van der Waals surface area contributed by atoms with Gasteiger partial charge in [-0.2, -0.15) is 4.98 Å². The Balaban J connectivity index is 1.69. The number of rotatable bonds is 6. The lowest BCUT2D eigenvalue weighted by Crippen LogP contribution is -2.20. The number of urea groups is 1. The highest BCUT2D eigenvalue weighted by Gasteiger charge is 2.16. The van der Waals surface area contributed by atoms with Gasteiger partial charge in [-0.25, -0.2) is 9.78 Å². The molecule has 0 saturated heterocycles. The van der Waals surface area contributed by atoms with Crippen molar-refractivity contribution < 1.29 is 23.7 Å². The molecule has 0 fully saturated rings. The summed E-state index contributed by atoms with van der Waals surface area (Å²) in [6, 6.07) is 4.84. The average Bonchev–Trinajstić information content (AvgIpc) is 3.05. The Kier molecular flexibility index (Phi) is 5.03. The normalized spacial score (nSPS) is 11.8. The Morgan fingerprint density at radius 3 is 2.76 bits per heavy atom. The summed E-state index contributed by atoms with van der Waals surface area (Å²) >= 11 is 0. The molecule has 2 N–H and O–H groups in total. The fraction of sp³-hybridized carbons (Fsp3) is 0.312. The first-order valence-corrected chi connectivity index (χ1v) is 7.80. The largest absolute Gasteiger partial charge is 0.476 e. The highest BCUT2D eigenvalue weighted by atomic mass is 16.7. The molecule has 1 aliphatic rings. The van der Waals surface area contributed by atoms with Gasteiger partial charge in [0.2, 0.25) is 12.7 Å². The van der Waals surface area contributed by atoms with Crippen LogP contribution in [0.4, 0.5) is 16.2 Å². The lowest BCUT2D eigenvalue weighted by molar-refractivity contribution is 0.174. The summed E-state index contributed by atoms with van der Waals surface area (Å²) in [7, 11) is 0. The smallest absolute Gasteiger partial charge is 0.323 e. The number of carbonyl (C=O) groups excluding carboxylic acids is 1. The van der Waals surface area contributed by atoms with E-state index in [0.29, 0.717) is 36.1 Å². The molecule has 1 aliphatic heterocycles.